The summed E-state index contributed by atoms with van der Waals surface area (Å²) in [6.45, 7) is 1.98. The molecular weight excluding hydrogens is 322 g/mol. The zero-order valence-corrected chi connectivity index (χ0v) is 14.0. The zero-order chi connectivity index (χ0) is 17.1. The first-order chi connectivity index (χ1) is 11.5. The number of rotatable bonds is 4. The second-order valence-electron chi connectivity index (χ2n) is 5.57. The largest absolute Gasteiger partial charge is 0.383 e. The average Bonchev–Trinajstić information content (AvgIpc) is 2.55. The second kappa shape index (κ2) is 6.90. The molecule has 0 saturated carbocycles. The lowest BCUT2D eigenvalue weighted by molar-refractivity contribution is 0.563. The van der Waals surface area contributed by atoms with Gasteiger partial charge in [0.15, 0.2) is 11.1 Å². The number of nitrogens with two attached hydrogens (primary N) is 1. The van der Waals surface area contributed by atoms with Crippen molar-refractivity contribution < 1.29 is 8.76 Å². The number of pyridine rings is 2. The van der Waals surface area contributed by atoms with Gasteiger partial charge in [-0.3, -0.25) is 4.98 Å². The van der Waals surface area contributed by atoms with Crippen LogP contribution in [-0.2, 0) is 16.8 Å². The number of nitrogen functional groups attached to an aromatic ring is 1. The van der Waals surface area contributed by atoms with Crippen LogP contribution in [0.4, 0.5) is 5.82 Å². The molecular formula is C18H17N3O2S. The molecule has 2 aromatic heterocycles. The summed E-state index contributed by atoms with van der Waals surface area (Å²) in [5, 5.41) is 0. The van der Waals surface area contributed by atoms with E-state index < -0.39 is 11.1 Å². The molecule has 0 fully saturated rings. The van der Waals surface area contributed by atoms with Gasteiger partial charge in [-0.25, -0.2) is 9.19 Å². The molecule has 0 radical (unpaired) electrons. The van der Waals surface area contributed by atoms with Gasteiger partial charge >= 0.3 is 0 Å². The van der Waals surface area contributed by atoms with Crippen molar-refractivity contribution in [3.8, 4) is 22.3 Å². The summed E-state index contributed by atoms with van der Waals surface area (Å²) in [5.41, 5.74) is 11.6. The monoisotopic (exact) mass is 339 g/mol. The molecule has 0 aliphatic heterocycles. The Morgan fingerprint density at radius 1 is 1.04 bits per heavy atom. The molecule has 3 N–H and O–H groups in total. The molecule has 0 spiro atoms. The maximum Gasteiger partial charge on any atom is 0.157 e. The molecule has 3 aromatic rings. The van der Waals surface area contributed by atoms with Crippen LogP contribution in [0, 0.1) is 6.92 Å². The molecule has 0 aliphatic carbocycles. The summed E-state index contributed by atoms with van der Waals surface area (Å²) in [6.07, 6.45) is 5.28. The first kappa shape index (κ1) is 16.3. The van der Waals surface area contributed by atoms with E-state index in [0.717, 1.165) is 33.4 Å². The van der Waals surface area contributed by atoms with E-state index in [0.29, 0.717) is 5.82 Å². The van der Waals surface area contributed by atoms with Crippen molar-refractivity contribution >= 4 is 16.9 Å². The Kier molecular flexibility index (Phi) is 4.69. The molecule has 3 rings (SSSR count). The lowest BCUT2D eigenvalue weighted by Gasteiger charge is -2.09. The smallest absolute Gasteiger partial charge is 0.157 e. The van der Waals surface area contributed by atoms with Crippen molar-refractivity contribution in [3.63, 3.8) is 0 Å². The van der Waals surface area contributed by atoms with Gasteiger partial charge in [0.05, 0.1) is 5.75 Å². The van der Waals surface area contributed by atoms with Crippen LogP contribution in [-0.4, -0.2) is 18.7 Å². The van der Waals surface area contributed by atoms with Crippen LogP contribution in [0.5, 0.6) is 0 Å². The fourth-order valence-corrected chi connectivity index (χ4v) is 2.98. The van der Waals surface area contributed by atoms with E-state index in [1.807, 2.05) is 43.3 Å². The van der Waals surface area contributed by atoms with Gasteiger partial charge in [0.25, 0.3) is 0 Å². The number of benzene rings is 1. The number of aromatic nitrogens is 2. The van der Waals surface area contributed by atoms with Crippen LogP contribution < -0.4 is 5.73 Å². The van der Waals surface area contributed by atoms with Crippen LogP contribution in [0.1, 0.15) is 11.1 Å². The van der Waals surface area contributed by atoms with E-state index in [1.165, 1.54) is 0 Å². The predicted octanol–water partition coefficient (Wildman–Crippen LogP) is 3.42. The molecule has 24 heavy (non-hydrogen) atoms. The van der Waals surface area contributed by atoms with Crippen molar-refractivity contribution in [1.82, 2.24) is 9.97 Å². The van der Waals surface area contributed by atoms with Gasteiger partial charge < -0.3 is 10.3 Å². The number of aryl methyl sites for hydroxylation is 1. The number of anilines is 1. The van der Waals surface area contributed by atoms with Gasteiger partial charge in [0.1, 0.15) is 5.82 Å². The molecule has 0 aliphatic rings. The molecule has 0 amide bonds. The fourth-order valence-electron chi connectivity index (χ4n) is 2.50. The summed E-state index contributed by atoms with van der Waals surface area (Å²) < 4.78 is 19.8. The highest BCUT2D eigenvalue weighted by Crippen LogP contribution is 2.29. The molecule has 1 unspecified atom stereocenters. The van der Waals surface area contributed by atoms with Crippen LogP contribution in [0.2, 0.25) is 0 Å². The highest BCUT2D eigenvalue weighted by molar-refractivity contribution is 7.78. The molecule has 5 nitrogen and oxygen atoms in total. The van der Waals surface area contributed by atoms with E-state index >= 15 is 0 Å². The van der Waals surface area contributed by atoms with Gasteiger partial charge in [-0.05, 0) is 35.7 Å². The summed E-state index contributed by atoms with van der Waals surface area (Å²) in [5.74, 6) is 0.582. The van der Waals surface area contributed by atoms with Crippen LogP contribution in [0.25, 0.3) is 22.3 Å². The summed E-state index contributed by atoms with van der Waals surface area (Å²) in [6, 6.07) is 11.5. The van der Waals surface area contributed by atoms with Crippen LogP contribution >= 0.6 is 0 Å². The highest BCUT2D eigenvalue weighted by Gasteiger charge is 2.08. The minimum absolute atomic E-state index is 0.125. The first-order valence-electron chi connectivity index (χ1n) is 7.37. The SMILES string of the molecule is Cc1cncc(-c2cc(-c3ccc(CS(=O)O)cc3)cnc2N)c1. The van der Waals surface area contributed by atoms with Crippen LogP contribution in [0.3, 0.4) is 0 Å². The lowest BCUT2D eigenvalue weighted by atomic mass is 10.0. The van der Waals surface area contributed by atoms with Gasteiger partial charge in [0, 0.05) is 35.3 Å². The maximum atomic E-state index is 10.9. The van der Waals surface area contributed by atoms with Gasteiger partial charge in [-0.1, -0.05) is 24.3 Å². The van der Waals surface area contributed by atoms with E-state index in [-0.39, 0.29) is 5.75 Å². The maximum absolute atomic E-state index is 10.9. The first-order valence-corrected chi connectivity index (χ1v) is 8.65. The Bertz CT molecular complexity index is 895. The number of hydrogen-bond donors (Lipinski definition) is 2. The van der Waals surface area contributed by atoms with Gasteiger partial charge in [0.2, 0.25) is 0 Å². The summed E-state index contributed by atoms with van der Waals surface area (Å²) in [7, 11) is 0. The third-order valence-electron chi connectivity index (χ3n) is 3.68. The molecule has 122 valence electrons. The molecule has 0 bridgehead atoms. The van der Waals surface area contributed by atoms with Crippen molar-refractivity contribution in [2.24, 2.45) is 0 Å². The molecule has 2 heterocycles. The Morgan fingerprint density at radius 3 is 2.46 bits per heavy atom. The molecule has 1 atom stereocenters. The second-order valence-corrected chi connectivity index (χ2v) is 6.50. The molecule has 6 heteroatoms. The standard InChI is InChI=1S/C18H17N3O2S/c1-12-6-16(9-20-8-12)17-7-15(10-21-18(17)19)14-4-2-13(3-5-14)11-24(22)23/h2-10H,11H2,1H3,(H2,19,21)(H,22,23). The molecule has 1 aromatic carbocycles. The number of nitrogens with zero attached hydrogens (tertiary/aromatic N) is 2. The fraction of sp³-hybridized carbons (Fsp3) is 0.111. The Labute approximate surface area is 142 Å². The quantitative estimate of drug-likeness (QED) is 0.711. The van der Waals surface area contributed by atoms with Crippen molar-refractivity contribution in [2.75, 3.05) is 5.73 Å². The third-order valence-corrected chi connectivity index (χ3v) is 4.26. The number of hydrogen-bond acceptors (Lipinski definition) is 4. The topological polar surface area (TPSA) is 89.1 Å². The van der Waals surface area contributed by atoms with Crippen LogP contribution in [0.15, 0.2) is 55.0 Å². The molecule has 0 saturated heterocycles. The van der Waals surface area contributed by atoms with Gasteiger partial charge in [-0.2, -0.15) is 0 Å². The third kappa shape index (κ3) is 3.67. The summed E-state index contributed by atoms with van der Waals surface area (Å²) in [4.78, 5) is 8.50. The summed E-state index contributed by atoms with van der Waals surface area (Å²) >= 11 is -1.84. The van der Waals surface area contributed by atoms with Crippen molar-refractivity contribution in [2.45, 2.75) is 12.7 Å². The minimum Gasteiger partial charge on any atom is -0.383 e. The highest BCUT2D eigenvalue weighted by atomic mass is 32.2. The van der Waals surface area contributed by atoms with Crippen molar-refractivity contribution in [1.29, 1.82) is 0 Å². The van der Waals surface area contributed by atoms with E-state index in [2.05, 4.69) is 9.97 Å². The van der Waals surface area contributed by atoms with E-state index in [1.54, 1.807) is 18.6 Å². The Morgan fingerprint density at radius 2 is 1.79 bits per heavy atom. The average molecular weight is 339 g/mol. The Balaban J connectivity index is 1.98. The van der Waals surface area contributed by atoms with Gasteiger partial charge in [-0.15, -0.1) is 0 Å². The van der Waals surface area contributed by atoms with E-state index in [4.69, 9.17) is 10.3 Å². The lowest BCUT2D eigenvalue weighted by Crippen LogP contribution is -1.96. The minimum atomic E-state index is -1.84. The zero-order valence-electron chi connectivity index (χ0n) is 13.1. The Hall–Kier alpha value is -2.57. The van der Waals surface area contributed by atoms with E-state index in [9.17, 15) is 4.21 Å². The van der Waals surface area contributed by atoms with Crippen molar-refractivity contribution in [3.05, 3.63) is 66.1 Å². The predicted molar refractivity (Wildman–Crippen MR) is 96.5 cm³/mol. The normalized spacial score (nSPS) is 12.1.